The van der Waals surface area contributed by atoms with Gasteiger partial charge in [0.05, 0.1) is 40.7 Å². The lowest BCUT2D eigenvalue weighted by atomic mass is 10.1. The highest BCUT2D eigenvalue weighted by Crippen LogP contribution is 2.41. The van der Waals surface area contributed by atoms with E-state index in [-0.39, 0.29) is 29.9 Å². The summed E-state index contributed by atoms with van der Waals surface area (Å²) in [7, 11) is -3.18. The molecular weight excluding hydrogens is 360 g/mol. The van der Waals surface area contributed by atoms with Crippen molar-refractivity contribution < 1.29 is 13.2 Å². The highest BCUT2D eigenvalue weighted by molar-refractivity contribution is 7.91. The molecule has 4 rings (SSSR count). The number of imidazole rings is 1. The van der Waals surface area contributed by atoms with Crippen LogP contribution in [0.1, 0.15) is 41.3 Å². The van der Waals surface area contributed by atoms with Gasteiger partial charge in [0.15, 0.2) is 9.84 Å². The van der Waals surface area contributed by atoms with Gasteiger partial charge in [-0.15, -0.1) is 11.3 Å². The SMILES string of the molecule is Cc1nc(CC(=O)N[C@@H]2CS(=O)(=O)C[C@H]2n2ccnc2C2CC2)cs1. The van der Waals surface area contributed by atoms with E-state index in [2.05, 4.69) is 15.3 Å². The fraction of sp³-hybridized carbons (Fsp3) is 0.562. The summed E-state index contributed by atoms with van der Waals surface area (Å²) >= 11 is 1.50. The van der Waals surface area contributed by atoms with E-state index in [0.717, 1.165) is 29.4 Å². The number of nitrogens with one attached hydrogen (secondary N) is 1. The Labute approximate surface area is 150 Å². The van der Waals surface area contributed by atoms with Crippen molar-refractivity contribution in [3.8, 4) is 0 Å². The lowest BCUT2D eigenvalue weighted by molar-refractivity contribution is -0.121. The Morgan fingerprint density at radius 3 is 2.88 bits per heavy atom. The molecule has 2 atom stereocenters. The van der Waals surface area contributed by atoms with Crippen LogP contribution < -0.4 is 5.32 Å². The predicted octanol–water partition coefficient (Wildman–Crippen LogP) is 1.22. The first-order valence-electron chi connectivity index (χ1n) is 8.35. The Hall–Kier alpha value is -1.74. The third kappa shape index (κ3) is 3.62. The number of nitrogens with zero attached hydrogens (tertiary/aromatic N) is 3. The van der Waals surface area contributed by atoms with Gasteiger partial charge in [-0.25, -0.2) is 18.4 Å². The Morgan fingerprint density at radius 2 is 2.20 bits per heavy atom. The van der Waals surface area contributed by atoms with Crippen LogP contribution in [0.2, 0.25) is 0 Å². The molecule has 2 aromatic rings. The molecule has 1 aliphatic carbocycles. The van der Waals surface area contributed by atoms with Crippen LogP contribution >= 0.6 is 11.3 Å². The van der Waals surface area contributed by atoms with Gasteiger partial charge in [-0.1, -0.05) is 0 Å². The first-order valence-corrected chi connectivity index (χ1v) is 11.0. The van der Waals surface area contributed by atoms with Crippen molar-refractivity contribution >= 4 is 27.1 Å². The molecule has 1 N–H and O–H groups in total. The van der Waals surface area contributed by atoms with Gasteiger partial charge in [-0.3, -0.25) is 4.79 Å². The van der Waals surface area contributed by atoms with Gasteiger partial charge in [-0.2, -0.15) is 0 Å². The lowest BCUT2D eigenvalue weighted by Crippen LogP contribution is -2.42. The minimum Gasteiger partial charge on any atom is -0.350 e. The fourth-order valence-corrected chi connectivity index (χ4v) is 5.93. The van der Waals surface area contributed by atoms with E-state index in [1.54, 1.807) is 6.20 Å². The van der Waals surface area contributed by atoms with Gasteiger partial charge >= 0.3 is 0 Å². The largest absolute Gasteiger partial charge is 0.350 e. The summed E-state index contributed by atoms with van der Waals surface area (Å²) < 4.78 is 26.3. The monoisotopic (exact) mass is 380 g/mol. The molecule has 9 heteroatoms. The normalized spacial score (nSPS) is 25.2. The summed E-state index contributed by atoms with van der Waals surface area (Å²) in [4.78, 5) is 21.1. The smallest absolute Gasteiger partial charge is 0.226 e. The molecule has 0 unspecified atom stereocenters. The first-order chi connectivity index (χ1) is 11.9. The summed E-state index contributed by atoms with van der Waals surface area (Å²) in [5.41, 5.74) is 0.721. The summed E-state index contributed by atoms with van der Waals surface area (Å²) in [5, 5.41) is 5.69. The second kappa shape index (κ2) is 6.21. The number of sulfone groups is 1. The van der Waals surface area contributed by atoms with Crippen LogP contribution in [-0.2, 0) is 21.1 Å². The third-order valence-electron chi connectivity index (χ3n) is 4.68. The number of rotatable bonds is 5. The number of carbonyl (C=O) groups excluding carboxylic acids is 1. The molecule has 3 heterocycles. The van der Waals surface area contributed by atoms with E-state index >= 15 is 0 Å². The predicted molar refractivity (Wildman–Crippen MR) is 94.4 cm³/mol. The molecular formula is C16H20N4O3S2. The molecule has 7 nitrogen and oxygen atoms in total. The maximum Gasteiger partial charge on any atom is 0.226 e. The van der Waals surface area contributed by atoms with Crippen LogP contribution in [0.25, 0.3) is 0 Å². The van der Waals surface area contributed by atoms with Crippen LogP contribution in [0.15, 0.2) is 17.8 Å². The van der Waals surface area contributed by atoms with E-state index in [4.69, 9.17) is 0 Å². The number of thiazole rings is 1. The summed E-state index contributed by atoms with van der Waals surface area (Å²) in [6.07, 6.45) is 5.91. The van der Waals surface area contributed by atoms with Crippen molar-refractivity contribution in [2.45, 2.75) is 44.2 Å². The van der Waals surface area contributed by atoms with Gasteiger partial charge in [0.25, 0.3) is 0 Å². The van der Waals surface area contributed by atoms with Crippen molar-refractivity contribution in [1.82, 2.24) is 19.9 Å². The molecule has 2 aliphatic rings. The Bertz CT molecular complexity index is 898. The average Bonchev–Trinajstić information content (AvgIpc) is 2.97. The topological polar surface area (TPSA) is 94.0 Å². The molecule has 0 bridgehead atoms. The van der Waals surface area contributed by atoms with Gasteiger partial charge in [-0.05, 0) is 19.8 Å². The average molecular weight is 380 g/mol. The van der Waals surface area contributed by atoms with E-state index in [0.29, 0.717) is 5.92 Å². The standard InChI is InChI=1S/C16H20N4O3S2/c1-10-18-12(7-24-10)6-15(21)19-13-8-25(22,23)9-14(13)20-5-4-17-16(20)11-2-3-11/h4-5,7,11,13-14H,2-3,6,8-9H2,1H3,(H,19,21)/t13-,14-/m1/s1. The van der Waals surface area contributed by atoms with Crippen molar-refractivity contribution in [2.24, 2.45) is 0 Å². The van der Waals surface area contributed by atoms with E-state index in [1.807, 2.05) is 23.1 Å². The molecule has 2 fully saturated rings. The van der Waals surface area contributed by atoms with Crippen molar-refractivity contribution in [2.75, 3.05) is 11.5 Å². The van der Waals surface area contributed by atoms with Crippen LogP contribution in [0, 0.1) is 6.92 Å². The zero-order valence-electron chi connectivity index (χ0n) is 13.9. The van der Waals surface area contributed by atoms with E-state index in [1.165, 1.54) is 11.3 Å². The van der Waals surface area contributed by atoms with Gasteiger partial charge in [0.1, 0.15) is 5.82 Å². The maximum absolute atomic E-state index is 12.4. The molecule has 1 saturated heterocycles. The summed E-state index contributed by atoms with van der Waals surface area (Å²) in [6.45, 7) is 1.89. The molecule has 1 amide bonds. The fourth-order valence-electron chi connectivity index (χ4n) is 3.42. The van der Waals surface area contributed by atoms with Crippen LogP contribution in [0.5, 0.6) is 0 Å². The molecule has 0 radical (unpaired) electrons. The van der Waals surface area contributed by atoms with Gasteiger partial charge in [0.2, 0.25) is 5.91 Å². The molecule has 134 valence electrons. The first kappa shape index (κ1) is 16.7. The van der Waals surface area contributed by atoms with Crippen LogP contribution in [-0.4, -0.2) is 46.4 Å². The molecule has 1 aliphatic heterocycles. The molecule has 0 aromatic carbocycles. The summed E-state index contributed by atoms with van der Waals surface area (Å²) in [5.74, 6) is 1.20. The zero-order valence-corrected chi connectivity index (χ0v) is 15.5. The molecule has 1 saturated carbocycles. The third-order valence-corrected chi connectivity index (χ3v) is 7.21. The lowest BCUT2D eigenvalue weighted by Gasteiger charge is -2.22. The number of carbonyl (C=O) groups is 1. The number of aromatic nitrogens is 3. The number of hydrogen-bond donors (Lipinski definition) is 1. The molecule has 25 heavy (non-hydrogen) atoms. The van der Waals surface area contributed by atoms with E-state index < -0.39 is 15.9 Å². The van der Waals surface area contributed by atoms with Crippen molar-refractivity contribution in [3.63, 3.8) is 0 Å². The minimum atomic E-state index is -3.18. The highest BCUT2D eigenvalue weighted by atomic mass is 32.2. The van der Waals surface area contributed by atoms with Gasteiger partial charge in [0, 0.05) is 23.7 Å². The van der Waals surface area contributed by atoms with Gasteiger partial charge < -0.3 is 9.88 Å². The van der Waals surface area contributed by atoms with Crippen LogP contribution in [0.3, 0.4) is 0 Å². The Kier molecular flexibility index (Phi) is 4.15. The van der Waals surface area contributed by atoms with E-state index in [9.17, 15) is 13.2 Å². The Balaban J connectivity index is 1.52. The number of aryl methyl sites for hydroxylation is 1. The Morgan fingerprint density at radius 1 is 1.40 bits per heavy atom. The second-order valence-electron chi connectivity index (χ2n) is 6.82. The van der Waals surface area contributed by atoms with Crippen molar-refractivity contribution in [3.05, 3.63) is 34.3 Å². The van der Waals surface area contributed by atoms with Crippen LogP contribution in [0.4, 0.5) is 0 Å². The maximum atomic E-state index is 12.4. The second-order valence-corrected chi connectivity index (χ2v) is 10.0. The molecule has 0 spiro atoms. The quantitative estimate of drug-likeness (QED) is 0.842. The number of amides is 1. The zero-order chi connectivity index (χ0) is 17.6. The highest BCUT2D eigenvalue weighted by Gasteiger charge is 2.41. The summed E-state index contributed by atoms with van der Waals surface area (Å²) in [6, 6.07) is -0.715. The number of hydrogen-bond acceptors (Lipinski definition) is 6. The van der Waals surface area contributed by atoms with Crippen molar-refractivity contribution in [1.29, 1.82) is 0 Å². The minimum absolute atomic E-state index is 0.0260. The molecule has 2 aromatic heterocycles.